The first-order chi connectivity index (χ1) is 17.2. The van der Waals surface area contributed by atoms with Crippen LogP contribution in [0.15, 0.2) is 65.6 Å². The Morgan fingerprint density at radius 3 is 2.22 bits per heavy atom. The summed E-state index contributed by atoms with van der Waals surface area (Å²) < 4.78 is 34.2. The van der Waals surface area contributed by atoms with Crippen molar-refractivity contribution in [2.75, 3.05) is 31.0 Å². The molecule has 7 nitrogen and oxygen atoms in total. The number of carbonyl (C=O) groups excluding carboxylic acids is 1. The predicted octanol–water partition coefficient (Wildman–Crippen LogP) is 4.17. The molecule has 36 heavy (non-hydrogen) atoms. The minimum absolute atomic E-state index is 0.0841. The van der Waals surface area contributed by atoms with Crippen molar-refractivity contribution in [3.63, 3.8) is 0 Å². The first-order valence-electron chi connectivity index (χ1n) is 12.1. The van der Waals surface area contributed by atoms with E-state index in [-0.39, 0.29) is 10.8 Å². The average Bonchev–Trinajstić information content (AvgIpc) is 2.86. The molecule has 0 bridgehead atoms. The molecule has 1 saturated heterocycles. The molecular weight excluding hydrogens is 474 g/mol. The third-order valence-electron chi connectivity index (χ3n) is 6.48. The molecule has 0 aromatic heterocycles. The van der Waals surface area contributed by atoms with Gasteiger partial charge in [-0.1, -0.05) is 36.4 Å². The first-order valence-corrected chi connectivity index (χ1v) is 13.6. The minimum atomic E-state index is -3.86. The van der Waals surface area contributed by atoms with Crippen LogP contribution in [0.4, 0.5) is 5.69 Å². The molecule has 4 rings (SSSR count). The highest BCUT2D eigenvalue weighted by atomic mass is 32.2. The zero-order chi connectivity index (χ0) is 25.7. The molecule has 0 radical (unpaired) electrons. The van der Waals surface area contributed by atoms with E-state index in [0.717, 1.165) is 49.5 Å². The Kier molecular flexibility index (Phi) is 8.08. The Hall–Kier alpha value is -3.20. The second-order valence-electron chi connectivity index (χ2n) is 9.27. The Bertz CT molecular complexity index is 1330. The van der Waals surface area contributed by atoms with Crippen LogP contribution in [0.5, 0.6) is 0 Å². The van der Waals surface area contributed by atoms with E-state index < -0.39 is 10.0 Å². The van der Waals surface area contributed by atoms with Crippen LogP contribution in [-0.2, 0) is 27.8 Å². The van der Waals surface area contributed by atoms with Crippen LogP contribution in [0.1, 0.15) is 38.2 Å². The van der Waals surface area contributed by atoms with Crippen LogP contribution >= 0.6 is 0 Å². The van der Waals surface area contributed by atoms with E-state index in [1.54, 1.807) is 31.2 Å². The highest BCUT2D eigenvalue weighted by molar-refractivity contribution is 7.92. The van der Waals surface area contributed by atoms with Gasteiger partial charge in [-0.3, -0.25) is 14.4 Å². The second kappa shape index (κ2) is 11.2. The largest absolute Gasteiger partial charge is 0.379 e. The number of hydrogen-bond donors (Lipinski definition) is 2. The summed E-state index contributed by atoms with van der Waals surface area (Å²) in [6, 6.07) is 18.3. The van der Waals surface area contributed by atoms with Gasteiger partial charge in [0, 0.05) is 37.4 Å². The van der Waals surface area contributed by atoms with Gasteiger partial charge in [-0.25, -0.2) is 8.42 Å². The maximum Gasteiger partial charge on any atom is 0.262 e. The number of rotatable bonds is 8. The molecule has 3 aromatic rings. The van der Waals surface area contributed by atoms with Gasteiger partial charge in [0.25, 0.3) is 15.9 Å². The fraction of sp³-hybridized carbons (Fsp3) is 0.321. The molecule has 0 saturated carbocycles. The quantitative estimate of drug-likeness (QED) is 0.478. The van der Waals surface area contributed by atoms with Crippen molar-refractivity contribution < 1.29 is 17.9 Å². The van der Waals surface area contributed by atoms with Crippen molar-refractivity contribution in [1.82, 2.24) is 10.2 Å². The van der Waals surface area contributed by atoms with Gasteiger partial charge in [-0.2, -0.15) is 0 Å². The molecule has 0 unspecified atom stereocenters. The fourth-order valence-corrected chi connectivity index (χ4v) is 5.43. The van der Waals surface area contributed by atoms with Crippen molar-refractivity contribution in [3.05, 3.63) is 94.0 Å². The van der Waals surface area contributed by atoms with E-state index in [2.05, 4.69) is 27.1 Å². The van der Waals surface area contributed by atoms with E-state index >= 15 is 0 Å². The van der Waals surface area contributed by atoms with Crippen LogP contribution in [0.25, 0.3) is 0 Å². The molecule has 1 aliphatic rings. The Labute approximate surface area is 213 Å². The zero-order valence-electron chi connectivity index (χ0n) is 21.0. The number of hydrogen-bond acceptors (Lipinski definition) is 5. The summed E-state index contributed by atoms with van der Waals surface area (Å²) in [7, 11) is -3.86. The third-order valence-corrected chi connectivity index (χ3v) is 8.01. The van der Waals surface area contributed by atoms with Crippen molar-refractivity contribution in [3.8, 4) is 0 Å². The van der Waals surface area contributed by atoms with Gasteiger partial charge in [0.2, 0.25) is 0 Å². The van der Waals surface area contributed by atoms with Gasteiger partial charge >= 0.3 is 0 Å². The minimum Gasteiger partial charge on any atom is -0.379 e. The van der Waals surface area contributed by atoms with Crippen molar-refractivity contribution in [1.29, 1.82) is 0 Å². The monoisotopic (exact) mass is 507 g/mol. The lowest BCUT2D eigenvalue weighted by Crippen LogP contribution is -2.35. The van der Waals surface area contributed by atoms with Crippen molar-refractivity contribution >= 4 is 21.6 Å². The normalized spacial score (nSPS) is 14.4. The van der Waals surface area contributed by atoms with E-state index in [1.807, 2.05) is 32.0 Å². The highest BCUT2D eigenvalue weighted by Crippen LogP contribution is 2.22. The van der Waals surface area contributed by atoms with Crippen molar-refractivity contribution in [2.45, 2.75) is 38.8 Å². The van der Waals surface area contributed by atoms with E-state index in [9.17, 15) is 13.2 Å². The number of aryl methyl sites for hydroxylation is 3. The third kappa shape index (κ3) is 6.51. The van der Waals surface area contributed by atoms with Crippen LogP contribution in [0.3, 0.4) is 0 Å². The molecule has 190 valence electrons. The predicted molar refractivity (Wildman–Crippen MR) is 142 cm³/mol. The van der Waals surface area contributed by atoms with Gasteiger partial charge < -0.3 is 10.1 Å². The van der Waals surface area contributed by atoms with Crippen LogP contribution in [-0.4, -0.2) is 45.5 Å². The lowest BCUT2D eigenvalue weighted by Gasteiger charge is -2.26. The van der Waals surface area contributed by atoms with Crippen LogP contribution in [0, 0.1) is 20.8 Å². The number of ether oxygens (including phenoxy) is 1. The maximum atomic E-state index is 13.1. The van der Waals surface area contributed by atoms with Gasteiger partial charge in [-0.05, 0) is 72.9 Å². The van der Waals surface area contributed by atoms with Gasteiger partial charge in [-0.15, -0.1) is 0 Å². The summed E-state index contributed by atoms with van der Waals surface area (Å²) in [5.41, 5.74) is 5.63. The molecule has 0 aliphatic carbocycles. The second-order valence-corrected chi connectivity index (χ2v) is 10.9. The zero-order valence-corrected chi connectivity index (χ0v) is 21.8. The molecule has 1 fully saturated rings. The summed E-state index contributed by atoms with van der Waals surface area (Å²) in [6.07, 6.45) is 0. The van der Waals surface area contributed by atoms with Crippen LogP contribution in [0.2, 0.25) is 0 Å². The molecular formula is C28H33N3O4S. The summed E-state index contributed by atoms with van der Waals surface area (Å²) in [4.78, 5) is 15.3. The number of anilines is 1. The first kappa shape index (κ1) is 25.9. The van der Waals surface area contributed by atoms with Crippen molar-refractivity contribution in [2.24, 2.45) is 0 Å². The smallest absolute Gasteiger partial charge is 0.262 e. The molecule has 0 spiro atoms. The summed E-state index contributed by atoms with van der Waals surface area (Å²) in [6.45, 7) is 10.3. The SMILES string of the molecule is Cc1ccc(NS(=O)(=O)c2cc(C(=O)NCc3ccc(CN4CCOCC4)cc3)ccc2C)cc1C. The van der Waals surface area contributed by atoms with E-state index in [1.165, 1.54) is 11.6 Å². The molecule has 2 N–H and O–H groups in total. The molecule has 1 amide bonds. The molecule has 0 atom stereocenters. The number of amides is 1. The number of sulfonamides is 1. The standard InChI is InChI=1S/C28H33N3O4S/c1-20-5-11-26(16-22(20)3)30-36(33,34)27-17-25(10-4-21(27)2)28(32)29-18-23-6-8-24(9-7-23)19-31-12-14-35-15-13-31/h4-11,16-17,30H,12-15,18-19H2,1-3H3,(H,29,32). The van der Waals surface area contributed by atoms with Gasteiger partial charge in [0.15, 0.2) is 0 Å². The molecule has 1 heterocycles. The van der Waals surface area contributed by atoms with E-state index in [4.69, 9.17) is 4.74 Å². The fourth-order valence-electron chi connectivity index (χ4n) is 4.11. The summed E-state index contributed by atoms with van der Waals surface area (Å²) >= 11 is 0. The molecule has 1 aliphatic heterocycles. The molecule has 8 heteroatoms. The molecule has 3 aromatic carbocycles. The highest BCUT2D eigenvalue weighted by Gasteiger charge is 2.20. The number of carbonyl (C=O) groups is 1. The van der Waals surface area contributed by atoms with E-state index in [0.29, 0.717) is 23.4 Å². The number of benzene rings is 3. The van der Waals surface area contributed by atoms with Gasteiger partial charge in [0.05, 0.1) is 18.1 Å². The Morgan fingerprint density at radius 2 is 1.53 bits per heavy atom. The maximum absolute atomic E-state index is 13.1. The average molecular weight is 508 g/mol. The summed E-state index contributed by atoms with van der Waals surface area (Å²) in [5, 5.41) is 2.90. The topological polar surface area (TPSA) is 87.7 Å². The Balaban J connectivity index is 1.40. The number of morpholine rings is 1. The lowest BCUT2D eigenvalue weighted by atomic mass is 10.1. The number of nitrogens with zero attached hydrogens (tertiary/aromatic N) is 1. The lowest BCUT2D eigenvalue weighted by molar-refractivity contribution is 0.0342. The van der Waals surface area contributed by atoms with Gasteiger partial charge in [0.1, 0.15) is 0 Å². The summed E-state index contributed by atoms with van der Waals surface area (Å²) in [5.74, 6) is -0.324. The number of nitrogens with one attached hydrogen (secondary N) is 2. The Morgan fingerprint density at radius 1 is 0.861 bits per heavy atom. The van der Waals surface area contributed by atoms with Crippen LogP contribution < -0.4 is 10.0 Å².